The summed E-state index contributed by atoms with van der Waals surface area (Å²) in [7, 11) is 1.72. The van der Waals surface area contributed by atoms with Crippen LogP contribution in [-0.4, -0.2) is 52.4 Å². The molecule has 3 fully saturated rings. The maximum Gasteiger partial charge on any atom is 0.118 e. The molecule has 5 nitrogen and oxygen atoms in total. The third-order valence-corrected chi connectivity index (χ3v) is 6.35. The molecule has 0 unspecified atom stereocenters. The summed E-state index contributed by atoms with van der Waals surface area (Å²) in [5.74, 6) is 1.69. The van der Waals surface area contributed by atoms with Crippen LogP contribution in [0.2, 0.25) is 0 Å². The highest BCUT2D eigenvalue weighted by Crippen LogP contribution is 2.30. The molecule has 3 aliphatic heterocycles. The molecule has 1 aromatic carbocycles. The number of piperidine rings is 1. The van der Waals surface area contributed by atoms with Crippen molar-refractivity contribution >= 4 is 0 Å². The fourth-order valence-electron chi connectivity index (χ4n) is 4.75. The van der Waals surface area contributed by atoms with Crippen LogP contribution in [0.25, 0.3) is 0 Å². The normalized spacial score (nSPS) is 22.9. The monoisotopic (exact) mass is 380 g/mol. The summed E-state index contributed by atoms with van der Waals surface area (Å²) in [6.07, 6.45) is 6.62. The quantitative estimate of drug-likeness (QED) is 0.689. The van der Waals surface area contributed by atoms with Crippen molar-refractivity contribution in [3.63, 3.8) is 0 Å². The zero-order valence-electron chi connectivity index (χ0n) is 17.2. The lowest BCUT2D eigenvalue weighted by Gasteiger charge is -2.36. The third kappa shape index (κ3) is 4.15. The van der Waals surface area contributed by atoms with Crippen LogP contribution in [0.4, 0.5) is 0 Å². The van der Waals surface area contributed by atoms with Gasteiger partial charge in [-0.2, -0.15) is 5.10 Å². The maximum absolute atomic E-state index is 5.29. The molecule has 1 aromatic heterocycles. The second-order valence-electron chi connectivity index (χ2n) is 8.29. The van der Waals surface area contributed by atoms with Gasteiger partial charge in [-0.05, 0) is 43.4 Å². The van der Waals surface area contributed by atoms with Crippen LogP contribution in [0.3, 0.4) is 0 Å². The summed E-state index contributed by atoms with van der Waals surface area (Å²) in [6, 6.07) is 9.16. The van der Waals surface area contributed by atoms with Gasteiger partial charge in [0.1, 0.15) is 5.75 Å². The van der Waals surface area contributed by atoms with E-state index in [9.17, 15) is 0 Å². The summed E-state index contributed by atoms with van der Waals surface area (Å²) in [5, 5.41) is 4.54. The van der Waals surface area contributed by atoms with Gasteiger partial charge in [0.2, 0.25) is 0 Å². The van der Waals surface area contributed by atoms with Gasteiger partial charge in [-0.15, -0.1) is 6.58 Å². The van der Waals surface area contributed by atoms with Crippen molar-refractivity contribution in [2.24, 2.45) is 5.92 Å². The molecule has 2 bridgehead atoms. The van der Waals surface area contributed by atoms with Gasteiger partial charge in [0.25, 0.3) is 0 Å². The summed E-state index contributed by atoms with van der Waals surface area (Å²) < 4.78 is 7.34. The van der Waals surface area contributed by atoms with Crippen molar-refractivity contribution in [2.75, 3.05) is 26.7 Å². The van der Waals surface area contributed by atoms with E-state index in [1.807, 2.05) is 17.0 Å². The van der Waals surface area contributed by atoms with Crippen LogP contribution in [0.15, 0.2) is 43.1 Å². The lowest BCUT2D eigenvalue weighted by molar-refractivity contribution is 0.123. The van der Waals surface area contributed by atoms with Gasteiger partial charge < -0.3 is 4.74 Å². The van der Waals surface area contributed by atoms with E-state index in [1.165, 1.54) is 42.8 Å². The van der Waals surface area contributed by atoms with Crippen molar-refractivity contribution in [2.45, 2.75) is 45.4 Å². The first kappa shape index (κ1) is 19.2. The minimum atomic E-state index is 0.638. The van der Waals surface area contributed by atoms with Crippen LogP contribution < -0.4 is 4.74 Å². The Hall–Kier alpha value is -2.11. The van der Waals surface area contributed by atoms with Crippen LogP contribution in [0.5, 0.6) is 5.75 Å². The number of nitrogens with zero attached hydrogens (tertiary/aromatic N) is 4. The van der Waals surface area contributed by atoms with Gasteiger partial charge in [0.15, 0.2) is 0 Å². The summed E-state index contributed by atoms with van der Waals surface area (Å²) in [4.78, 5) is 5.35. The molecular weight excluding hydrogens is 348 g/mol. The number of benzene rings is 1. The molecule has 0 aliphatic carbocycles. The smallest absolute Gasteiger partial charge is 0.118 e. The number of methoxy groups -OCH3 is 1. The molecule has 5 heteroatoms. The molecule has 3 saturated heterocycles. The molecule has 0 radical (unpaired) electrons. The minimum Gasteiger partial charge on any atom is -0.497 e. The van der Waals surface area contributed by atoms with Crippen LogP contribution in [0, 0.1) is 12.8 Å². The molecule has 5 rings (SSSR count). The Bertz CT molecular complexity index is 797. The lowest BCUT2D eigenvalue weighted by atomic mass is 9.94. The van der Waals surface area contributed by atoms with Crippen molar-refractivity contribution in [3.05, 3.63) is 59.9 Å². The summed E-state index contributed by atoms with van der Waals surface area (Å²) >= 11 is 0. The van der Waals surface area contributed by atoms with Crippen molar-refractivity contribution in [1.29, 1.82) is 0 Å². The molecule has 0 saturated carbocycles. The van der Waals surface area contributed by atoms with Gasteiger partial charge in [0, 0.05) is 50.0 Å². The molecule has 2 atom stereocenters. The SMILES string of the molecule is C=CCn1ncc(CN2C[C@H]3CC[C@@H]2CN(Cc2ccc(OC)cc2)C3)c1C. The number of rotatable bonds is 7. The number of hydrogen-bond donors (Lipinski definition) is 0. The van der Waals surface area contributed by atoms with E-state index >= 15 is 0 Å². The Morgan fingerprint density at radius 3 is 2.71 bits per heavy atom. The van der Waals surface area contributed by atoms with Crippen molar-refractivity contribution < 1.29 is 4.74 Å². The van der Waals surface area contributed by atoms with Gasteiger partial charge in [0.05, 0.1) is 19.9 Å². The average molecular weight is 381 g/mol. The Kier molecular flexibility index (Phi) is 5.83. The zero-order chi connectivity index (χ0) is 19.5. The van der Waals surface area contributed by atoms with E-state index in [2.05, 4.69) is 52.7 Å². The summed E-state index contributed by atoms with van der Waals surface area (Å²) in [6.45, 7) is 12.4. The predicted octanol–water partition coefficient (Wildman–Crippen LogP) is 3.48. The van der Waals surface area contributed by atoms with Gasteiger partial charge in [-0.3, -0.25) is 14.5 Å². The molecule has 28 heavy (non-hydrogen) atoms. The maximum atomic E-state index is 5.29. The highest BCUT2D eigenvalue weighted by Gasteiger charge is 2.35. The first-order chi connectivity index (χ1) is 13.7. The molecular formula is C23H32N4O. The van der Waals surface area contributed by atoms with Gasteiger partial charge in [-0.25, -0.2) is 0 Å². The zero-order valence-corrected chi connectivity index (χ0v) is 17.2. The molecule has 0 spiro atoms. The Labute approximate surface area is 168 Å². The predicted molar refractivity (Wildman–Crippen MR) is 112 cm³/mol. The van der Waals surface area contributed by atoms with Gasteiger partial charge in [-0.1, -0.05) is 18.2 Å². The number of allylic oxidation sites excluding steroid dienone is 1. The second kappa shape index (κ2) is 8.50. The Morgan fingerprint density at radius 1 is 1.14 bits per heavy atom. The third-order valence-electron chi connectivity index (χ3n) is 6.35. The van der Waals surface area contributed by atoms with E-state index in [0.717, 1.165) is 37.8 Å². The van der Waals surface area contributed by atoms with Gasteiger partial charge >= 0.3 is 0 Å². The van der Waals surface area contributed by atoms with E-state index in [0.29, 0.717) is 6.04 Å². The average Bonchev–Trinajstić information content (AvgIpc) is 2.86. The molecule has 0 N–H and O–H groups in total. The number of aromatic nitrogens is 2. The van der Waals surface area contributed by atoms with E-state index in [4.69, 9.17) is 4.74 Å². The van der Waals surface area contributed by atoms with Crippen molar-refractivity contribution in [3.8, 4) is 5.75 Å². The molecule has 150 valence electrons. The standard InChI is InChI=1S/C23H32N4O/c1-4-11-27-18(2)21(12-24-27)16-26-15-20-5-8-22(26)17-25(14-20)13-19-6-9-23(28-3)10-7-19/h4,6-7,9-10,12,20,22H,1,5,8,11,13-17H2,2-3H3/t20-,22+/m0/s1. The molecule has 0 amide bonds. The lowest BCUT2D eigenvalue weighted by Crippen LogP contribution is -2.43. The first-order valence-corrected chi connectivity index (χ1v) is 10.4. The molecule has 4 heterocycles. The number of hydrogen-bond acceptors (Lipinski definition) is 4. The fourth-order valence-corrected chi connectivity index (χ4v) is 4.75. The summed E-state index contributed by atoms with van der Waals surface area (Å²) in [5.41, 5.74) is 4.00. The van der Waals surface area contributed by atoms with E-state index in [-0.39, 0.29) is 0 Å². The highest BCUT2D eigenvalue weighted by atomic mass is 16.5. The Balaban J connectivity index is 1.42. The number of fused-ring (bicyclic) bond motifs is 4. The van der Waals surface area contributed by atoms with Crippen LogP contribution in [-0.2, 0) is 19.6 Å². The van der Waals surface area contributed by atoms with Crippen LogP contribution >= 0.6 is 0 Å². The minimum absolute atomic E-state index is 0.638. The number of ether oxygens (including phenoxy) is 1. The molecule has 3 aliphatic rings. The largest absolute Gasteiger partial charge is 0.497 e. The van der Waals surface area contributed by atoms with E-state index in [1.54, 1.807) is 7.11 Å². The Morgan fingerprint density at radius 2 is 1.96 bits per heavy atom. The van der Waals surface area contributed by atoms with E-state index < -0.39 is 0 Å². The fraction of sp³-hybridized carbons (Fsp3) is 0.522. The van der Waals surface area contributed by atoms with Crippen LogP contribution in [0.1, 0.15) is 29.7 Å². The first-order valence-electron chi connectivity index (χ1n) is 10.4. The second-order valence-corrected chi connectivity index (χ2v) is 8.29. The van der Waals surface area contributed by atoms with Crippen molar-refractivity contribution in [1.82, 2.24) is 19.6 Å². The molecule has 2 aromatic rings. The highest BCUT2D eigenvalue weighted by molar-refractivity contribution is 5.27. The topological polar surface area (TPSA) is 33.5 Å².